The number of rotatable bonds is 2. The second-order valence-corrected chi connectivity index (χ2v) is 5.21. The summed E-state index contributed by atoms with van der Waals surface area (Å²) >= 11 is 0. The number of nitrogens with two attached hydrogens (primary N) is 2. The van der Waals surface area contributed by atoms with Gasteiger partial charge in [0, 0.05) is 32.4 Å². The first-order valence-electron chi connectivity index (χ1n) is 7.09. The second-order valence-electron chi connectivity index (χ2n) is 5.21. The van der Waals surface area contributed by atoms with Gasteiger partial charge in [0.05, 0.1) is 6.42 Å². The van der Waals surface area contributed by atoms with Crippen LogP contribution in [0.2, 0.25) is 0 Å². The third-order valence-corrected chi connectivity index (χ3v) is 2.63. The Kier molecular flexibility index (Phi) is 22.2. The van der Waals surface area contributed by atoms with Crippen molar-refractivity contribution in [3.05, 3.63) is 0 Å². The summed E-state index contributed by atoms with van der Waals surface area (Å²) in [6.07, 6.45) is 3.65. The van der Waals surface area contributed by atoms with Gasteiger partial charge in [-0.15, -0.1) is 0 Å². The van der Waals surface area contributed by atoms with Crippen molar-refractivity contribution in [3.8, 4) is 0 Å². The summed E-state index contributed by atoms with van der Waals surface area (Å²) in [5.74, 6) is -3.35. The van der Waals surface area contributed by atoms with Gasteiger partial charge in [0.25, 0.3) is 17.9 Å². The van der Waals surface area contributed by atoms with E-state index < -0.39 is 29.4 Å². The maximum absolute atomic E-state index is 10.5. The third-order valence-electron chi connectivity index (χ3n) is 2.63. The molecule has 0 aromatic heterocycles. The topological polar surface area (TPSA) is 201 Å². The fourth-order valence-corrected chi connectivity index (χ4v) is 1.79. The van der Waals surface area contributed by atoms with Gasteiger partial charge in [0.1, 0.15) is 0 Å². The molecule has 1 aliphatic carbocycles. The third kappa shape index (κ3) is 31.1. The van der Waals surface area contributed by atoms with Gasteiger partial charge in [-0.1, -0.05) is 12.8 Å². The van der Waals surface area contributed by atoms with E-state index in [0.717, 1.165) is 46.5 Å². The van der Waals surface area contributed by atoms with Gasteiger partial charge in [-0.05, 0) is 12.8 Å². The summed E-state index contributed by atoms with van der Waals surface area (Å²) in [4.78, 5) is 37.5. The van der Waals surface area contributed by atoms with E-state index in [9.17, 15) is 4.79 Å². The number of carboxylic acid groups (broad SMARTS) is 4. The van der Waals surface area contributed by atoms with E-state index >= 15 is 0 Å². The van der Waals surface area contributed by atoms with E-state index in [1.165, 1.54) is 0 Å². The Morgan fingerprint density at radius 1 is 0.920 bits per heavy atom. The quantitative estimate of drug-likeness (QED) is 0.347. The normalized spacial score (nSPS) is 20.4. The van der Waals surface area contributed by atoms with Gasteiger partial charge >= 0.3 is 35.5 Å². The Balaban J connectivity index is -0.000000142. The van der Waals surface area contributed by atoms with Gasteiger partial charge in [-0.3, -0.25) is 19.2 Å². The zero-order valence-electron chi connectivity index (χ0n) is 14.2. The van der Waals surface area contributed by atoms with Crippen molar-refractivity contribution in [2.75, 3.05) is 0 Å². The number of carboxylic acids is 4. The van der Waals surface area contributed by atoms with Gasteiger partial charge in [-0.2, -0.15) is 0 Å². The van der Waals surface area contributed by atoms with Crippen molar-refractivity contribution in [2.45, 2.75) is 64.5 Å². The van der Waals surface area contributed by atoms with Gasteiger partial charge in [-0.25, -0.2) is 0 Å². The maximum atomic E-state index is 10.5. The number of hydrogen-bond donors (Lipinski definition) is 6. The molecule has 11 heteroatoms. The van der Waals surface area contributed by atoms with Crippen LogP contribution < -0.4 is 11.5 Å². The molecule has 0 aliphatic heterocycles. The Morgan fingerprint density at radius 3 is 1.48 bits per heavy atom. The molecule has 0 saturated heterocycles. The van der Waals surface area contributed by atoms with Crippen LogP contribution in [0.25, 0.3) is 0 Å². The predicted molar refractivity (Wildman–Crippen MR) is 92.7 cm³/mol. The van der Waals surface area contributed by atoms with Crippen molar-refractivity contribution in [1.82, 2.24) is 0 Å². The van der Waals surface area contributed by atoms with Crippen molar-refractivity contribution < 1.29 is 39.6 Å². The first-order valence-corrected chi connectivity index (χ1v) is 7.09. The van der Waals surface area contributed by atoms with Gasteiger partial charge in [0.2, 0.25) is 0 Å². The SMILES string of the molecule is CC(=O)O.CC(=O)O.CC(=O)O.NC1CCCCC1(N)CC(=O)O.[NaH]. The van der Waals surface area contributed by atoms with E-state index in [2.05, 4.69) is 0 Å². The molecule has 0 bridgehead atoms. The molecule has 2 unspecified atom stereocenters. The number of hydrogen-bond acceptors (Lipinski definition) is 6. The van der Waals surface area contributed by atoms with Crippen molar-refractivity contribution in [2.24, 2.45) is 11.5 Å². The van der Waals surface area contributed by atoms with Crippen LogP contribution in [-0.2, 0) is 19.2 Å². The van der Waals surface area contributed by atoms with E-state index in [0.29, 0.717) is 0 Å². The van der Waals surface area contributed by atoms with Crippen LogP contribution in [-0.4, -0.2) is 85.4 Å². The summed E-state index contributed by atoms with van der Waals surface area (Å²) in [5, 5.41) is 30.9. The Labute approximate surface area is 168 Å². The molecule has 1 rings (SSSR count). The van der Waals surface area contributed by atoms with E-state index in [1.807, 2.05) is 0 Å². The second kappa shape index (κ2) is 17.6. The van der Waals surface area contributed by atoms with Crippen molar-refractivity contribution in [1.29, 1.82) is 0 Å². The molecule has 1 aliphatic rings. The van der Waals surface area contributed by atoms with Crippen LogP contribution >= 0.6 is 0 Å². The monoisotopic (exact) mass is 376 g/mol. The summed E-state index contributed by atoms with van der Waals surface area (Å²) in [6.45, 7) is 3.25. The summed E-state index contributed by atoms with van der Waals surface area (Å²) in [5.41, 5.74) is 11.0. The molecular weight excluding hydrogens is 347 g/mol. The fourth-order valence-electron chi connectivity index (χ4n) is 1.79. The average Bonchev–Trinajstić information content (AvgIpc) is 2.30. The first kappa shape index (κ1) is 31.6. The number of carbonyl (C=O) groups is 4. The standard InChI is InChI=1S/C8H16N2O2.3C2H4O2.Na.H/c9-6-3-1-2-4-8(6,10)5-7(11)12;3*1-2(3)4;;/h6H,1-5,9-10H2,(H,11,12);3*1H3,(H,3,4);;. The molecule has 8 N–H and O–H groups in total. The van der Waals surface area contributed by atoms with Crippen molar-refractivity contribution in [3.63, 3.8) is 0 Å². The molecule has 0 heterocycles. The zero-order valence-corrected chi connectivity index (χ0v) is 14.2. The minimum absolute atomic E-state index is 0. The van der Waals surface area contributed by atoms with Crippen LogP contribution in [0.15, 0.2) is 0 Å². The summed E-state index contributed by atoms with van der Waals surface area (Å²) in [7, 11) is 0. The molecule has 25 heavy (non-hydrogen) atoms. The molecule has 0 radical (unpaired) electrons. The Morgan fingerprint density at radius 2 is 1.24 bits per heavy atom. The molecule has 1 fully saturated rings. The Bertz CT molecular complexity index is 379. The molecule has 0 aromatic carbocycles. The fraction of sp³-hybridized carbons (Fsp3) is 0.714. The molecule has 144 valence electrons. The van der Waals surface area contributed by atoms with Crippen LogP contribution in [0.5, 0.6) is 0 Å². The molecular formula is C14H29N2NaO8. The van der Waals surface area contributed by atoms with Crippen LogP contribution in [0, 0.1) is 0 Å². The molecule has 2 atom stereocenters. The first-order chi connectivity index (χ1) is 10.7. The molecule has 0 amide bonds. The molecule has 1 saturated carbocycles. The summed E-state index contributed by atoms with van der Waals surface area (Å²) in [6, 6.07) is -0.151. The van der Waals surface area contributed by atoms with Crippen LogP contribution in [0.1, 0.15) is 52.9 Å². The van der Waals surface area contributed by atoms with Gasteiger partial charge in [0.15, 0.2) is 0 Å². The molecule has 10 nitrogen and oxygen atoms in total. The van der Waals surface area contributed by atoms with E-state index in [-0.39, 0.29) is 42.0 Å². The average molecular weight is 376 g/mol. The van der Waals surface area contributed by atoms with E-state index in [4.69, 9.17) is 46.3 Å². The Hall–Kier alpha value is -1.20. The number of aliphatic carboxylic acids is 4. The minimum atomic E-state index is -0.852. The summed E-state index contributed by atoms with van der Waals surface area (Å²) < 4.78 is 0. The predicted octanol–water partition coefficient (Wildman–Crippen LogP) is -0.316. The molecule has 0 aromatic rings. The van der Waals surface area contributed by atoms with Crippen LogP contribution in [0.3, 0.4) is 0 Å². The van der Waals surface area contributed by atoms with E-state index in [1.54, 1.807) is 0 Å². The van der Waals surface area contributed by atoms with Gasteiger partial charge < -0.3 is 31.9 Å². The zero-order chi connectivity index (χ0) is 19.9. The van der Waals surface area contributed by atoms with Crippen molar-refractivity contribution >= 4 is 53.4 Å². The van der Waals surface area contributed by atoms with Crippen LogP contribution in [0.4, 0.5) is 0 Å². The molecule has 0 spiro atoms.